The number of hydrogen-bond acceptors (Lipinski definition) is 5. The van der Waals surface area contributed by atoms with Crippen LogP contribution >= 0.6 is 24.0 Å². The Bertz CT molecular complexity index is 801. The third kappa shape index (κ3) is 6.80. The summed E-state index contributed by atoms with van der Waals surface area (Å²) >= 11 is 0. The van der Waals surface area contributed by atoms with Crippen LogP contribution in [0, 0.1) is 0 Å². The quantitative estimate of drug-likeness (QED) is 0.293. The Morgan fingerprint density at radius 3 is 2.69 bits per heavy atom. The van der Waals surface area contributed by atoms with Gasteiger partial charge in [-0.05, 0) is 26.0 Å². The number of aryl methyl sites for hydroxylation is 1. The standard InChI is InChI=1S/C20H32N6O2.HI/c1-4-21-19(23-14-20(2,27)15-26-9-11-28-12-10-26)22-13-18-24-16-7-5-6-8-17(16)25(18)3;/h5-8,27H,4,9-15H2,1-3H3,(H2,21,22,23);1H. The van der Waals surface area contributed by atoms with Gasteiger partial charge in [0.2, 0.25) is 0 Å². The van der Waals surface area contributed by atoms with Gasteiger partial charge in [0, 0.05) is 39.8 Å². The minimum absolute atomic E-state index is 0. The van der Waals surface area contributed by atoms with Crippen molar-refractivity contribution >= 4 is 41.0 Å². The number of nitrogens with zero attached hydrogens (tertiary/aromatic N) is 4. The van der Waals surface area contributed by atoms with E-state index in [-0.39, 0.29) is 24.0 Å². The number of nitrogens with one attached hydrogen (secondary N) is 2. The summed E-state index contributed by atoms with van der Waals surface area (Å²) in [4.78, 5) is 11.5. The summed E-state index contributed by atoms with van der Waals surface area (Å²) in [6.45, 7) is 9.28. The highest BCUT2D eigenvalue weighted by molar-refractivity contribution is 14.0. The Hall–Kier alpha value is -1.43. The summed E-state index contributed by atoms with van der Waals surface area (Å²) in [6, 6.07) is 8.07. The smallest absolute Gasteiger partial charge is 0.191 e. The predicted octanol–water partition coefficient (Wildman–Crippen LogP) is 1.33. The lowest BCUT2D eigenvalue weighted by Crippen LogP contribution is -2.53. The van der Waals surface area contributed by atoms with Crippen LogP contribution in [0.25, 0.3) is 11.0 Å². The summed E-state index contributed by atoms with van der Waals surface area (Å²) < 4.78 is 7.44. The Morgan fingerprint density at radius 2 is 2.00 bits per heavy atom. The summed E-state index contributed by atoms with van der Waals surface area (Å²) in [5.41, 5.74) is 1.21. The lowest BCUT2D eigenvalue weighted by molar-refractivity contribution is -0.0201. The van der Waals surface area contributed by atoms with Gasteiger partial charge in [-0.1, -0.05) is 12.1 Å². The molecular weight excluding hydrogens is 483 g/mol. The lowest BCUT2D eigenvalue weighted by Gasteiger charge is -2.34. The van der Waals surface area contributed by atoms with Gasteiger partial charge in [0.05, 0.1) is 29.8 Å². The molecule has 0 aliphatic carbocycles. The Balaban J connectivity index is 0.00000300. The molecule has 0 radical (unpaired) electrons. The number of aliphatic imine (C=N–C) groups is 1. The maximum Gasteiger partial charge on any atom is 0.191 e. The molecule has 0 spiro atoms. The van der Waals surface area contributed by atoms with Crippen molar-refractivity contribution in [3.8, 4) is 0 Å². The van der Waals surface area contributed by atoms with Crippen molar-refractivity contribution in [2.45, 2.75) is 26.0 Å². The number of ether oxygens (including phenoxy) is 1. The van der Waals surface area contributed by atoms with E-state index in [9.17, 15) is 5.11 Å². The average Bonchev–Trinajstić information content (AvgIpc) is 3.01. The summed E-state index contributed by atoms with van der Waals surface area (Å²) in [7, 11) is 2.01. The normalized spacial score (nSPS) is 17.6. The van der Waals surface area contributed by atoms with E-state index in [0.717, 1.165) is 49.7 Å². The first kappa shape index (κ1) is 23.8. The van der Waals surface area contributed by atoms with Gasteiger partial charge in [0.25, 0.3) is 0 Å². The van der Waals surface area contributed by atoms with Gasteiger partial charge >= 0.3 is 0 Å². The summed E-state index contributed by atoms with van der Waals surface area (Å²) in [6.07, 6.45) is 0. The van der Waals surface area contributed by atoms with Crippen LogP contribution in [0.5, 0.6) is 0 Å². The molecule has 9 heteroatoms. The molecule has 2 heterocycles. The highest BCUT2D eigenvalue weighted by Gasteiger charge is 2.25. The maximum atomic E-state index is 10.8. The van der Waals surface area contributed by atoms with E-state index in [1.54, 1.807) is 0 Å². The molecule has 3 rings (SSSR count). The summed E-state index contributed by atoms with van der Waals surface area (Å²) in [5.74, 6) is 1.58. The Kier molecular flexibility index (Phi) is 9.12. The second-order valence-electron chi connectivity index (χ2n) is 7.51. The second kappa shape index (κ2) is 11.1. The van der Waals surface area contributed by atoms with E-state index in [1.807, 2.05) is 39.1 Å². The molecule has 8 nitrogen and oxygen atoms in total. The molecule has 3 N–H and O–H groups in total. The van der Waals surface area contributed by atoms with E-state index < -0.39 is 5.60 Å². The monoisotopic (exact) mass is 516 g/mol. The van der Waals surface area contributed by atoms with Crippen LogP contribution in [0.2, 0.25) is 0 Å². The fraction of sp³-hybridized carbons (Fsp3) is 0.600. The number of aliphatic hydroxyl groups is 1. The van der Waals surface area contributed by atoms with E-state index in [1.165, 1.54) is 0 Å². The molecule has 1 atom stereocenters. The van der Waals surface area contributed by atoms with Crippen molar-refractivity contribution in [1.82, 2.24) is 25.1 Å². The molecule has 1 fully saturated rings. The molecule has 1 aromatic heterocycles. The first-order valence-electron chi connectivity index (χ1n) is 9.93. The number of morpholine rings is 1. The number of imidazole rings is 1. The van der Waals surface area contributed by atoms with Crippen molar-refractivity contribution in [1.29, 1.82) is 0 Å². The van der Waals surface area contributed by atoms with Gasteiger partial charge in [0.15, 0.2) is 5.96 Å². The minimum atomic E-state index is -0.856. The van der Waals surface area contributed by atoms with Crippen LogP contribution in [0.4, 0.5) is 0 Å². The number of aromatic nitrogens is 2. The first-order valence-corrected chi connectivity index (χ1v) is 9.93. The third-order valence-electron chi connectivity index (χ3n) is 4.91. The highest BCUT2D eigenvalue weighted by atomic mass is 127. The second-order valence-corrected chi connectivity index (χ2v) is 7.51. The molecule has 0 saturated carbocycles. The number of fused-ring (bicyclic) bond motifs is 1. The molecule has 29 heavy (non-hydrogen) atoms. The van der Waals surface area contributed by atoms with Crippen LogP contribution in [-0.4, -0.2) is 77.1 Å². The Labute approximate surface area is 189 Å². The number of hydrogen-bond donors (Lipinski definition) is 3. The number of para-hydroxylation sites is 2. The van der Waals surface area contributed by atoms with E-state index in [0.29, 0.717) is 25.6 Å². The van der Waals surface area contributed by atoms with Crippen LogP contribution in [0.1, 0.15) is 19.7 Å². The number of guanidine groups is 1. The van der Waals surface area contributed by atoms with Crippen LogP contribution in [-0.2, 0) is 18.3 Å². The third-order valence-corrected chi connectivity index (χ3v) is 4.91. The fourth-order valence-corrected chi connectivity index (χ4v) is 3.40. The molecule has 162 valence electrons. The molecular formula is C20H33IN6O2. The van der Waals surface area contributed by atoms with Gasteiger partial charge in [0.1, 0.15) is 12.4 Å². The molecule has 1 aromatic carbocycles. The molecule has 0 amide bonds. The van der Waals surface area contributed by atoms with Crippen molar-refractivity contribution in [3.63, 3.8) is 0 Å². The predicted molar refractivity (Wildman–Crippen MR) is 127 cm³/mol. The van der Waals surface area contributed by atoms with Gasteiger partial charge in [-0.15, -0.1) is 24.0 Å². The topological polar surface area (TPSA) is 86.9 Å². The maximum absolute atomic E-state index is 10.8. The van der Waals surface area contributed by atoms with Gasteiger partial charge in [-0.2, -0.15) is 0 Å². The molecule has 1 aliphatic heterocycles. The van der Waals surface area contributed by atoms with E-state index >= 15 is 0 Å². The SMILES string of the molecule is CCNC(=NCc1nc2ccccc2n1C)NCC(C)(O)CN1CCOCC1.I. The molecule has 0 bridgehead atoms. The molecule has 2 aromatic rings. The molecule has 1 unspecified atom stereocenters. The number of rotatable bonds is 7. The van der Waals surface area contributed by atoms with Crippen molar-refractivity contribution < 1.29 is 9.84 Å². The molecule has 1 saturated heterocycles. The largest absolute Gasteiger partial charge is 0.387 e. The van der Waals surface area contributed by atoms with Crippen LogP contribution < -0.4 is 10.6 Å². The minimum Gasteiger partial charge on any atom is -0.387 e. The number of halogens is 1. The van der Waals surface area contributed by atoms with Gasteiger partial charge in [-0.25, -0.2) is 9.98 Å². The zero-order valence-corrected chi connectivity index (χ0v) is 19.8. The summed E-state index contributed by atoms with van der Waals surface area (Å²) in [5, 5.41) is 17.3. The zero-order valence-electron chi connectivity index (χ0n) is 17.5. The van der Waals surface area contributed by atoms with Crippen molar-refractivity contribution in [2.24, 2.45) is 12.0 Å². The van der Waals surface area contributed by atoms with E-state index in [2.05, 4.69) is 36.1 Å². The highest BCUT2D eigenvalue weighted by Crippen LogP contribution is 2.14. The fourth-order valence-electron chi connectivity index (χ4n) is 3.40. The van der Waals surface area contributed by atoms with Crippen LogP contribution in [0.15, 0.2) is 29.3 Å². The van der Waals surface area contributed by atoms with E-state index in [4.69, 9.17) is 4.74 Å². The van der Waals surface area contributed by atoms with Gasteiger partial charge in [-0.3, -0.25) is 4.90 Å². The average molecular weight is 516 g/mol. The first-order chi connectivity index (χ1) is 13.5. The number of benzene rings is 1. The zero-order chi connectivity index (χ0) is 20.0. The van der Waals surface area contributed by atoms with Crippen molar-refractivity contribution in [3.05, 3.63) is 30.1 Å². The van der Waals surface area contributed by atoms with Crippen LogP contribution in [0.3, 0.4) is 0 Å². The van der Waals surface area contributed by atoms with Gasteiger partial charge < -0.3 is 25.0 Å². The molecule has 1 aliphatic rings. The Morgan fingerprint density at radius 1 is 1.28 bits per heavy atom. The van der Waals surface area contributed by atoms with Crippen molar-refractivity contribution in [2.75, 3.05) is 45.9 Å². The lowest BCUT2D eigenvalue weighted by atomic mass is 10.1. The number of β-amino-alcohol motifs (C(OH)–C–C–N with tert-alkyl or cyclic N) is 1.